The molecule has 1 aromatic rings. The average Bonchev–Trinajstić information content (AvgIpc) is 2.33. The van der Waals surface area contributed by atoms with Crippen LogP contribution in [0, 0.1) is 0 Å². The summed E-state index contributed by atoms with van der Waals surface area (Å²) in [5.41, 5.74) is 0. The van der Waals surface area contributed by atoms with E-state index >= 15 is 0 Å². The Kier molecular flexibility index (Phi) is 9.87. The highest BCUT2D eigenvalue weighted by atomic mass is 79.9. The van der Waals surface area contributed by atoms with E-state index in [0.29, 0.717) is 0 Å². The molecule has 0 bridgehead atoms. The van der Waals surface area contributed by atoms with Crippen molar-refractivity contribution in [2.45, 2.75) is 0 Å². The van der Waals surface area contributed by atoms with Crippen LogP contribution in [0.15, 0.2) is 28.7 Å². The van der Waals surface area contributed by atoms with Crippen molar-refractivity contribution in [3.05, 3.63) is 28.7 Å². The van der Waals surface area contributed by atoms with Crippen LogP contribution >= 0.6 is 40.7 Å². The van der Waals surface area contributed by atoms with E-state index in [0.717, 1.165) is 49.6 Å². The minimum Gasteiger partial charge on any atom is -0.491 e. The highest BCUT2D eigenvalue weighted by molar-refractivity contribution is 9.10. The first kappa shape index (κ1) is 18.0. The van der Waals surface area contributed by atoms with E-state index in [-0.39, 0.29) is 24.8 Å². The van der Waals surface area contributed by atoms with E-state index in [9.17, 15) is 0 Å². The molecule has 1 aliphatic rings. The van der Waals surface area contributed by atoms with Crippen molar-refractivity contribution in [3.63, 3.8) is 0 Å². The Bertz CT molecular complexity index is 336. The molecule has 6 heteroatoms. The van der Waals surface area contributed by atoms with Crippen LogP contribution in [0.25, 0.3) is 0 Å². The van der Waals surface area contributed by atoms with Gasteiger partial charge in [0, 0.05) is 32.7 Å². The van der Waals surface area contributed by atoms with Crippen LogP contribution in [-0.2, 0) is 0 Å². The molecule has 0 amide bonds. The lowest BCUT2D eigenvalue weighted by Gasteiger charge is -2.26. The van der Waals surface area contributed by atoms with Crippen LogP contribution in [-0.4, -0.2) is 44.2 Å². The second-order valence-corrected chi connectivity index (χ2v) is 4.72. The van der Waals surface area contributed by atoms with Gasteiger partial charge in [0.15, 0.2) is 0 Å². The van der Waals surface area contributed by atoms with Crippen molar-refractivity contribution < 1.29 is 4.74 Å². The van der Waals surface area contributed by atoms with Gasteiger partial charge >= 0.3 is 0 Å². The number of hydrogen-bond donors (Lipinski definition) is 1. The molecule has 0 atom stereocenters. The maximum Gasteiger partial charge on any atom is 0.133 e. The van der Waals surface area contributed by atoms with Gasteiger partial charge in [0.05, 0.1) is 4.47 Å². The number of halogens is 3. The van der Waals surface area contributed by atoms with E-state index in [1.807, 2.05) is 24.3 Å². The fourth-order valence-corrected chi connectivity index (χ4v) is 2.18. The van der Waals surface area contributed by atoms with Crippen LogP contribution in [0.3, 0.4) is 0 Å². The largest absolute Gasteiger partial charge is 0.491 e. The van der Waals surface area contributed by atoms with Gasteiger partial charge in [-0.25, -0.2) is 0 Å². The molecule has 1 heterocycles. The Morgan fingerprint density at radius 3 is 2.50 bits per heavy atom. The molecule has 104 valence electrons. The van der Waals surface area contributed by atoms with Gasteiger partial charge in [-0.2, -0.15) is 0 Å². The van der Waals surface area contributed by atoms with Gasteiger partial charge in [0.1, 0.15) is 12.4 Å². The van der Waals surface area contributed by atoms with Crippen LogP contribution in [0.1, 0.15) is 0 Å². The summed E-state index contributed by atoms with van der Waals surface area (Å²) in [6, 6.07) is 7.97. The average molecular weight is 358 g/mol. The zero-order valence-corrected chi connectivity index (χ0v) is 13.3. The minimum absolute atomic E-state index is 0. The van der Waals surface area contributed by atoms with Crippen molar-refractivity contribution in [2.75, 3.05) is 39.3 Å². The van der Waals surface area contributed by atoms with E-state index < -0.39 is 0 Å². The summed E-state index contributed by atoms with van der Waals surface area (Å²) in [5.74, 6) is 0.928. The molecule has 1 N–H and O–H groups in total. The maximum absolute atomic E-state index is 5.73. The van der Waals surface area contributed by atoms with Gasteiger partial charge in [0.25, 0.3) is 0 Å². The molecule has 0 unspecified atom stereocenters. The van der Waals surface area contributed by atoms with Crippen LogP contribution in [0.4, 0.5) is 0 Å². The van der Waals surface area contributed by atoms with Crippen LogP contribution < -0.4 is 10.1 Å². The molecular formula is C12H19BrCl2N2O. The molecule has 0 radical (unpaired) electrons. The molecule has 0 spiro atoms. The molecule has 18 heavy (non-hydrogen) atoms. The third-order valence-electron chi connectivity index (χ3n) is 2.71. The molecule has 1 aliphatic heterocycles. The molecule has 1 aromatic carbocycles. The van der Waals surface area contributed by atoms with Gasteiger partial charge < -0.3 is 10.1 Å². The Labute approximate surface area is 129 Å². The summed E-state index contributed by atoms with van der Waals surface area (Å²) in [6.07, 6.45) is 0. The molecule has 0 saturated carbocycles. The summed E-state index contributed by atoms with van der Waals surface area (Å²) in [7, 11) is 0. The van der Waals surface area contributed by atoms with E-state index in [1.54, 1.807) is 0 Å². The van der Waals surface area contributed by atoms with Gasteiger partial charge in [-0.1, -0.05) is 12.1 Å². The van der Waals surface area contributed by atoms with Crippen molar-refractivity contribution in [1.29, 1.82) is 0 Å². The number of para-hydroxylation sites is 1. The van der Waals surface area contributed by atoms with Crippen LogP contribution in [0.5, 0.6) is 5.75 Å². The number of hydrogen-bond acceptors (Lipinski definition) is 3. The van der Waals surface area contributed by atoms with Crippen molar-refractivity contribution >= 4 is 40.7 Å². The first-order valence-corrected chi connectivity index (χ1v) is 6.46. The summed E-state index contributed by atoms with van der Waals surface area (Å²) in [5, 5.41) is 3.34. The fraction of sp³-hybridized carbons (Fsp3) is 0.500. The van der Waals surface area contributed by atoms with Gasteiger partial charge in [-0.15, -0.1) is 24.8 Å². The predicted octanol–water partition coefficient (Wildman–Crippen LogP) is 2.58. The number of ether oxygens (including phenoxy) is 1. The topological polar surface area (TPSA) is 24.5 Å². The van der Waals surface area contributed by atoms with Gasteiger partial charge in [-0.3, -0.25) is 4.90 Å². The van der Waals surface area contributed by atoms with E-state index in [1.165, 1.54) is 0 Å². The summed E-state index contributed by atoms with van der Waals surface area (Å²) in [4.78, 5) is 2.42. The molecule has 1 fully saturated rings. The Balaban J connectivity index is 0.00000144. The van der Waals surface area contributed by atoms with Gasteiger partial charge in [-0.05, 0) is 28.1 Å². The highest BCUT2D eigenvalue weighted by Crippen LogP contribution is 2.23. The summed E-state index contributed by atoms with van der Waals surface area (Å²) >= 11 is 3.47. The number of benzene rings is 1. The number of nitrogens with zero attached hydrogens (tertiary/aromatic N) is 1. The molecule has 1 saturated heterocycles. The molecule has 2 rings (SSSR count). The smallest absolute Gasteiger partial charge is 0.133 e. The maximum atomic E-state index is 5.73. The normalized spacial score (nSPS) is 15.4. The second kappa shape index (κ2) is 9.87. The standard InChI is InChI=1S/C12H17BrN2O.2ClH/c13-11-3-1-2-4-12(11)16-10-9-15-7-5-14-6-8-15;;/h1-4,14H,5-10H2;2*1H. The molecule has 3 nitrogen and oxygen atoms in total. The summed E-state index contributed by atoms with van der Waals surface area (Å²) < 4.78 is 6.75. The Hall–Kier alpha value is -0.000000000000000111. The van der Waals surface area contributed by atoms with Crippen molar-refractivity contribution in [1.82, 2.24) is 10.2 Å². The third kappa shape index (κ3) is 5.76. The number of rotatable bonds is 4. The van der Waals surface area contributed by atoms with E-state index in [4.69, 9.17) is 4.74 Å². The lowest BCUT2D eigenvalue weighted by Crippen LogP contribution is -2.44. The Morgan fingerprint density at radius 1 is 1.17 bits per heavy atom. The van der Waals surface area contributed by atoms with Crippen molar-refractivity contribution in [3.8, 4) is 5.75 Å². The monoisotopic (exact) mass is 356 g/mol. The second-order valence-electron chi connectivity index (χ2n) is 3.87. The Morgan fingerprint density at radius 2 is 1.83 bits per heavy atom. The predicted molar refractivity (Wildman–Crippen MR) is 83.4 cm³/mol. The number of piperazine rings is 1. The summed E-state index contributed by atoms with van der Waals surface area (Å²) in [6.45, 7) is 6.19. The lowest BCUT2D eigenvalue weighted by molar-refractivity contribution is 0.191. The molecule has 0 aliphatic carbocycles. The molecule has 0 aromatic heterocycles. The third-order valence-corrected chi connectivity index (χ3v) is 3.37. The lowest BCUT2D eigenvalue weighted by atomic mass is 10.3. The highest BCUT2D eigenvalue weighted by Gasteiger charge is 2.09. The number of nitrogens with one attached hydrogen (secondary N) is 1. The quantitative estimate of drug-likeness (QED) is 0.896. The van der Waals surface area contributed by atoms with Crippen molar-refractivity contribution in [2.24, 2.45) is 0 Å². The SMILES string of the molecule is Brc1ccccc1OCCN1CCNCC1.Cl.Cl. The zero-order chi connectivity index (χ0) is 11.2. The first-order valence-electron chi connectivity index (χ1n) is 5.66. The first-order chi connectivity index (χ1) is 7.86. The van der Waals surface area contributed by atoms with Crippen LogP contribution in [0.2, 0.25) is 0 Å². The van der Waals surface area contributed by atoms with Gasteiger partial charge in [0.2, 0.25) is 0 Å². The zero-order valence-electron chi connectivity index (χ0n) is 10.1. The minimum atomic E-state index is 0. The fourth-order valence-electron chi connectivity index (χ4n) is 1.78. The molecular weight excluding hydrogens is 339 g/mol. The van der Waals surface area contributed by atoms with E-state index in [2.05, 4.69) is 26.1 Å².